The average Bonchev–Trinajstić information content (AvgIpc) is 2.62. The van der Waals surface area contributed by atoms with Crippen LogP contribution in [0, 0.1) is 17.3 Å². The molecule has 1 saturated carbocycles. The molecule has 0 heterocycles. The van der Waals surface area contributed by atoms with Crippen LogP contribution in [0.25, 0.3) is 0 Å². The Kier molecular flexibility index (Phi) is 5.46. The lowest BCUT2D eigenvalue weighted by Gasteiger charge is -2.30. The van der Waals surface area contributed by atoms with Crippen LogP contribution in [0.2, 0.25) is 0 Å². The first kappa shape index (κ1) is 18.0. The van der Waals surface area contributed by atoms with Crippen molar-refractivity contribution in [2.75, 3.05) is 0 Å². The molecule has 0 aliphatic heterocycles. The van der Waals surface area contributed by atoms with Crippen LogP contribution < -0.4 is 5.32 Å². The van der Waals surface area contributed by atoms with Gasteiger partial charge in [0.15, 0.2) is 0 Å². The molecule has 0 bridgehead atoms. The molecule has 4 heteroatoms. The molecule has 0 spiro atoms. The van der Waals surface area contributed by atoms with E-state index < -0.39 is 11.6 Å². The summed E-state index contributed by atoms with van der Waals surface area (Å²) < 4.78 is 5.42. The van der Waals surface area contributed by atoms with Gasteiger partial charge in [-0.15, -0.1) is 0 Å². The molecule has 0 saturated heterocycles. The van der Waals surface area contributed by atoms with Crippen molar-refractivity contribution in [2.24, 2.45) is 17.3 Å². The zero-order valence-corrected chi connectivity index (χ0v) is 14.6. The van der Waals surface area contributed by atoms with Gasteiger partial charge in [0.1, 0.15) is 11.6 Å². The molecule has 1 rings (SSSR count). The van der Waals surface area contributed by atoms with E-state index in [0.717, 1.165) is 19.3 Å². The Hall–Kier alpha value is -1.06. The summed E-state index contributed by atoms with van der Waals surface area (Å²) >= 11 is 0. The van der Waals surface area contributed by atoms with Gasteiger partial charge in [0.25, 0.3) is 0 Å². The summed E-state index contributed by atoms with van der Waals surface area (Å²) in [6.45, 7) is 13.6. The monoisotopic (exact) mass is 297 g/mol. The maximum atomic E-state index is 12.5. The van der Waals surface area contributed by atoms with Gasteiger partial charge in [0.2, 0.25) is 5.91 Å². The molecule has 122 valence electrons. The summed E-state index contributed by atoms with van der Waals surface area (Å²) in [6.07, 6.45) is 3.03. The van der Waals surface area contributed by atoms with Crippen LogP contribution in [0.1, 0.15) is 67.7 Å². The van der Waals surface area contributed by atoms with Crippen LogP contribution in [0.5, 0.6) is 0 Å². The van der Waals surface area contributed by atoms with Crippen molar-refractivity contribution < 1.29 is 14.3 Å². The zero-order valence-electron chi connectivity index (χ0n) is 14.6. The van der Waals surface area contributed by atoms with Gasteiger partial charge >= 0.3 is 5.97 Å². The van der Waals surface area contributed by atoms with Crippen molar-refractivity contribution in [1.82, 2.24) is 5.32 Å². The predicted octanol–water partition coefficient (Wildman–Crippen LogP) is 3.30. The van der Waals surface area contributed by atoms with Crippen LogP contribution in [-0.2, 0) is 14.3 Å². The topological polar surface area (TPSA) is 55.4 Å². The van der Waals surface area contributed by atoms with Crippen LogP contribution in [-0.4, -0.2) is 23.5 Å². The smallest absolute Gasteiger partial charge is 0.329 e. The Balaban J connectivity index is 2.75. The quantitative estimate of drug-likeness (QED) is 0.810. The normalized spacial score (nSPS) is 23.0. The number of nitrogens with one attached hydrogen (secondary N) is 1. The van der Waals surface area contributed by atoms with Crippen LogP contribution >= 0.6 is 0 Å². The molecule has 1 amide bonds. The highest BCUT2D eigenvalue weighted by molar-refractivity contribution is 5.86. The Morgan fingerprint density at radius 3 is 2.19 bits per heavy atom. The van der Waals surface area contributed by atoms with E-state index in [4.69, 9.17) is 4.74 Å². The first-order valence-corrected chi connectivity index (χ1v) is 7.97. The molecule has 0 aromatic heterocycles. The highest BCUT2D eigenvalue weighted by Crippen LogP contribution is 2.42. The van der Waals surface area contributed by atoms with E-state index in [1.807, 2.05) is 34.6 Å². The van der Waals surface area contributed by atoms with E-state index in [-0.39, 0.29) is 29.1 Å². The van der Waals surface area contributed by atoms with Crippen LogP contribution in [0.15, 0.2) is 0 Å². The largest absolute Gasteiger partial charge is 0.458 e. The fourth-order valence-corrected chi connectivity index (χ4v) is 2.93. The molecule has 1 aliphatic rings. The van der Waals surface area contributed by atoms with E-state index in [0.29, 0.717) is 0 Å². The Morgan fingerprint density at radius 2 is 1.81 bits per heavy atom. The highest BCUT2D eigenvalue weighted by Gasteiger charge is 2.41. The number of ether oxygens (including phenoxy) is 1. The zero-order chi connectivity index (χ0) is 16.4. The van der Waals surface area contributed by atoms with Gasteiger partial charge in [-0.2, -0.15) is 0 Å². The lowest BCUT2D eigenvalue weighted by molar-refractivity contribution is -0.160. The molecule has 1 fully saturated rings. The predicted molar refractivity (Wildman–Crippen MR) is 83.7 cm³/mol. The summed E-state index contributed by atoms with van der Waals surface area (Å²) in [5.41, 5.74) is -0.527. The van der Waals surface area contributed by atoms with Crippen molar-refractivity contribution >= 4 is 11.9 Å². The van der Waals surface area contributed by atoms with Crippen LogP contribution in [0.4, 0.5) is 0 Å². The third-order valence-corrected chi connectivity index (χ3v) is 4.20. The third kappa shape index (κ3) is 5.01. The van der Waals surface area contributed by atoms with E-state index in [1.54, 1.807) is 0 Å². The third-order valence-electron chi connectivity index (χ3n) is 4.20. The first-order chi connectivity index (χ1) is 9.44. The van der Waals surface area contributed by atoms with E-state index in [2.05, 4.69) is 19.2 Å². The molecule has 1 aliphatic carbocycles. The summed E-state index contributed by atoms with van der Waals surface area (Å²) in [7, 11) is 0. The number of amides is 1. The lowest BCUT2D eigenvalue weighted by Crippen LogP contribution is -2.50. The average molecular weight is 297 g/mol. The number of hydrogen-bond acceptors (Lipinski definition) is 3. The van der Waals surface area contributed by atoms with Gasteiger partial charge in [-0.25, -0.2) is 4.79 Å². The molecule has 4 nitrogen and oxygen atoms in total. The van der Waals surface area contributed by atoms with Gasteiger partial charge in [0, 0.05) is 5.92 Å². The Bertz CT molecular complexity index is 393. The van der Waals surface area contributed by atoms with E-state index in [1.165, 1.54) is 0 Å². The van der Waals surface area contributed by atoms with Crippen molar-refractivity contribution in [2.45, 2.75) is 79.4 Å². The van der Waals surface area contributed by atoms with Gasteiger partial charge in [-0.1, -0.05) is 34.1 Å². The Morgan fingerprint density at radius 1 is 1.24 bits per heavy atom. The Labute approximate surface area is 129 Å². The molecule has 1 unspecified atom stereocenters. The number of carbonyl (C=O) groups excluding carboxylic acids is 2. The highest BCUT2D eigenvalue weighted by atomic mass is 16.6. The van der Waals surface area contributed by atoms with Crippen molar-refractivity contribution in [1.29, 1.82) is 0 Å². The molecular formula is C17H31NO3. The number of carbonyl (C=O) groups is 2. The first-order valence-electron chi connectivity index (χ1n) is 7.97. The number of rotatable bonds is 4. The summed E-state index contributed by atoms with van der Waals surface area (Å²) in [4.78, 5) is 24.8. The SMILES string of the molecule is CC(C)[C@@H](NC(=O)C1CCCC1(C)C)C(=O)OC(C)(C)C. The maximum Gasteiger partial charge on any atom is 0.329 e. The van der Waals surface area contributed by atoms with Gasteiger partial charge < -0.3 is 10.1 Å². The molecule has 0 aromatic rings. The number of esters is 1. The minimum absolute atomic E-state index is 0.00770. The second-order valence-electron chi connectivity index (χ2n) is 8.20. The fraction of sp³-hybridized carbons (Fsp3) is 0.882. The van der Waals surface area contributed by atoms with E-state index >= 15 is 0 Å². The lowest BCUT2D eigenvalue weighted by atomic mass is 9.81. The molecule has 21 heavy (non-hydrogen) atoms. The van der Waals surface area contributed by atoms with Gasteiger partial charge in [0.05, 0.1) is 0 Å². The summed E-state index contributed by atoms with van der Waals surface area (Å²) in [5.74, 6) is -0.363. The summed E-state index contributed by atoms with van der Waals surface area (Å²) in [5, 5.41) is 2.92. The van der Waals surface area contributed by atoms with E-state index in [9.17, 15) is 9.59 Å². The molecule has 0 aromatic carbocycles. The van der Waals surface area contributed by atoms with Gasteiger partial charge in [-0.05, 0) is 44.9 Å². The second-order valence-corrected chi connectivity index (χ2v) is 8.20. The minimum Gasteiger partial charge on any atom is -0.458 e. The maximum absolute atomic E-state index is 12.5. The molecule has 1 N–H and O–H groups in total. The standard InChI is InChI=1S/C17H31NO3/c1-11(2)13(15(20)21-16(3,4)5)18-14(19)12-9-8-10-17(12,6)7/h11-13H,8-10H2,1-7H3,(H,18,19)/t12?,13-/m1/s1. The fourth-order valence-electron chi connectivity index (χ4n) is 2.93. The molecule has 0 radical (unpaired) electrons. The minimum atomic E-state index is -0.576. The molecular weight excluding hydrogens is 266 g/mol. The summed E-state index contributed by atoms with van der Waals surface area (Å²) in [6, 6.07) is -0.576. The number of hydrogen-bond donors (Lipinski definition) is 1. The van der Waals surface area contributed by atoms with Crippen molar-refractivity contribution in [3.05, 3.63) is 0 Å². The van der Waals surface area contributed by atoms with Crippen molar-refractivity contribution in [3.63, 3.8) is 0 Å². The molecule has 2 atom stereocenters. The van der Waals surface area contributed by atoms with Crippen molar-refractivity contribution in [3.8, 4) is 0 Å². The van der Waals surface area contributed by atoms with Gasteiger partial charge in [-0.3, -0.25) is 4.79 Å². The second kappa shape index (κ2) is 6.37. The van der Waals surface area contributed by atoms with Crippen LogP contribution in [0.3, 0.4) is 0 Å².